The number of nitrogens with two attached hydrogens (primary N) is 1. The molecule has 2 aliphatic rings. The van der Waals surface area contributed by atoms with Crippen molar-refractivity contribution in [3.8, 4) is 0 Å². The van der Waals surface area contributed by atoms with Gasteiger partial charge in [-0.15, -0.1) is 0 Å². The highest BCUT2D eigenvalue weighted by Crippen LogP contribution is 2.39. The highest BCUT2D eigenvalue weighted by atomic mass is 16.2. The lowest BCUT2D eigenvalue weighted by Crippen LogP contribution is -2.48. The molecule has 0 bridgehead atoms. The van der Waals surface area contributed by atoms with Crippen molar-refractivity contribution in [2.45, 2.75) is 51.1 Å². The van der Waals surface area contributed by atoms with E-state index in [1.54, 1.807) is 17.1 Å². The van der Waals surface area contributed by atoms with Gasteiger partial charge in [0.2, 0.25) is 0 Å². The molecule has 2 fully saturated rings. The Morgan fingerprint density at radius 3 is 2.63 bits per heavy atom. The number of hydrogen-bond donors (Lipinski definition) is 3. The number of aryl methyl sites for hydroxylation is 1. The van der Waals surface area contributed by atoms with Crippen LogP contribution in [0.15, 0.2) is 42.9 Å². The fraction of sp³-hybridized carbons (Fsp3) is 0.400. The summed E-state index contributed by atoms with van der Waals surface area (Å²) in [5.41, 5.74) is 8.27. The summed E-state index contributed by atoms with van der Waals surface area (Å²) in [6.07, 6.45) is 9.31. The van der Waals surface area contributed by atoms with Gasteiger partial charge < -0.3 is 21.3 Å². The van der Waals surface area contributed by atoms with Crippen LogP contribution in [-0.2, 0) is 6.54 Å². The summed E-state index contributed by atoms with van der Waals surface area (Å²) in [4.78, 5) is 35.8. The number of carbonyl (C=O) groups excluding carboxylic acids is 2. The minimum Gasteiger partial charge on any atom is -0.364 e. The molecule has 182 valence electrons. The molecule has 0 spiro atoms. The van der Waals surface area contributed by atoms with E-state index >= 15 is 0 Å². The number of nitrogens with zero attached hydrogens (tertiary/aromatic N) is 5. The largest absolute Gasteiger partial charge is 0.364 e. The van der Waals surface area contributed by atoms with Crippen LogP contribution in [0.3, 0.4) is 0 Å². The predicted molar refractivity (Wildman–Crippen MR) is 133 cm³/mol. The van der Waals surface area contributed by atoms with Crippen LogP contribution in [0.4, 0.5) is 17.3 Å². The van der Waals surface area contributed by atoms with Gasteiger partial charge >= 0.3 is 0 Å². The molecule has 35 heavy (non-hydrogen) atoms. The first-order chi connectivity index (χ1) is 17.0. The number of piperidine rings is 1. The molecule has 1 unspecified atom stereocenters. The van der Waals surface area contributed by atoms with E-state index in [9.17, 15) is 9.59 Å². The highest BCUT2D eigenvalue weighted by molar-refractivity contribution is 5.96. The van der Waals surface area contributed by atoms with Crippen LogP contribution in [0.5, 0.6) is 0 Å². The molecular weight excluding hydrogens is 444 g/mol. The quantitative estimate of drug-likeness (QED) is 0.457. The molecule has 1 aliphatic heterocycles. The first-order valence-electron chi connectivity index (χ1n) is 12.1. The zero-order valence-electron chi connectivity index (χ0n) is 19.8. The molecule has 1 atom stereocenters. The molecule has 1 aliphatic carbocycles. The van der Waals surface area contributed by atoms with Crippen molar-refractivity contribution in [1.82, 2.24) is 25.1 Å². The van der Waals surface area contributed by atoms with Crippen LogP contribution in [0, 0.1) is 0 Å². The fourth-order valence-electron chi connectivity index (χ4n) is 4.43. The van der Waals surface area contributed by atoms with Crippen LogP contribution < -0.4 is 21.3 Å². The lowest BCUT2D eigenvalue weighted by Gasteiger charge is -2.34. The number of carbonyl (C=O) groups is 2. The third-order valence-electron chi connectivity index (χ3n) is 6.52. The minimum absolute atomic E-state index is 0.0174. The summed E-state index contributed by atoms with van der Waals surface area (Å²) in [6, 6.07) is 7.94. The number of primary amides is 1. The fourth-order valence-corrected chi connectivity index (χ4v) is 4.43. The number of anilines is 3. The standard InChI is InChI=1S/C25H30N8O2/c1-2-33-15-20(12-28-33)29-24-22(23(26)34)27-13-21(31-24)32-11-3-4-19(14-32)30-25(35)18-9-7-17(8-10-18)16-5-6-16/h7-10,12-13,15-16,19H,2-6,11,14H2,1H3,(H2,26,34)(H,29,31)(H,30,35). The van der Waals surface area contributed by atoms with Crippen LogP contribution >= 0.6 is 0 Å². The maximum atomic E-state index is 12.8. The molecule has 2 aromatic heterocycles. The Kier molecular flexibility index (Phi) is 6.35. The topological polar surface area (TPSA) is 131 Å². The van der Waals surface area contributed by atoms with Crippen molar-refractivity contribution in [2.24, 2.45) is 5.73 Å². The molecule has 10 nitrogen and oxygen atoms in total. The van der Waals surface area contributed by atoms with Crippen LogP contribution in [0.25, 0.3) is 0 Å². The van der Waals surface area contributed by atoms with Crippen LogP contribution in [0.2, 0.25) is 0 Å². The number of amides is 2. The molecule has 1 saturated carbocycles. The Morgan fingerprint density at radius 2 is 1.94 bits per heavy atom. The van der Waals surface area contributed by atoms with Gasteiger partial charge in [-0.3, -0.25) is 14.3 Å². The third kappa shape index (κ3) is 5.26. The second-order valence-corrected chi connectivity index (χ2v) is 9.15. The average molecular weight is 475 g/mol. The zero-order chi connectivity index (χ0) is 24.4. The molecule has 0 radical (unpaired) electrons. The van der Waals surface area contributed by atoms with Gasteiger partial charge in [0.25, 0.3) is 11.8 Å². The van der Waals surface area contributed by atoms with Gasteiger partial charge in [0.05, 0.1) is 18.1 Å². The molecule has 5 rings (SSSR count). The van der Waals surface area contributed by atoms with E-state index in [1.165, 1.54) is 18.4 Å². The van der Waals surface area contributed by atoms with Gasteiger partial charge in [-0.05, 0) is 56.2 Å². The molecule has 3 heterocycles. The van der Waals surface area contributed by atoms with Gasteiger partial charge in [-0.2, -0.15) is 5.10 Å². The normalized spacial score (nSPS) is 17.7. The number of benzene rings is 1. The van der Waals surface area contributed by atoms with Crippen molar-refractivity contribution in [3.63, 3.8) is 0 Å². The first-order valence-corrected chi connectivity index (χ1v) is 12.1. The molecule has 1 aromatic carbocycles. The SMILES string of the molecule is CCn1cc(Nc2nc(N3CCCC(NC(=O)c4ccc(C5CC5)cc4)C3)cnc2C(N)=O)cn1. The predicted octanol–water partition coefficient (Wildman–Crippen LogP) is 2.81. The molecule has 4 N–H and O–H groups in total. The number of hydrogen-bond acceptors (Lipinski definition) is 7. The Hall–Kier alpha value is -3.95. The highest BCUT2D eigenvalue weighted by Gasteiger charge is 2.26. The Balaban J connectivity index is 1.28. The lowest BCUT2D eigenvalue weighted by molar-refractivity contribution is 0.0932. The summed E-state index contributed by atoms with van der Waals surface area (Å²) in [7, 11) is 0. The lowest BCUT2D eigenvalue weighted by atomic mass is 10.0. The molecular formula is C25H30N8O2. The van der Waals surface area contributed by atoms with Gasteiger partial charge in [0, 0.05) is 37.4 Å². The second-order valence-electron chi connectivity index (χ2n) is 9.15. The van der Waals surface area contributed by atoms with E-state index in [-0.39, 0.29) is 23.5 Å². The van der Waals surface area contributed by atoms with Crippen molar-refractivity contribution >= 4 is 29.1 Å². The van der Waals surface area contributed by atoms with E-state index in [4.69, 9.17) is 5.73 Å². The van der Waals surface area contributed by atoms with Crippen molar-refractivity contribution in [3.05, 3.63) is 59.7 Å². The van der Waals surface area contributed by atoms with Gasteiger partial charge in [-0.1, -0.05) is 12.1 Å². The van der Waals surface area contributed by atoms with E-state index in [0.29, 0.717) is 29.5 Å². The summed E-state index contributed by atoms with van der Waals surface area (Å²) < 4.78 is 1.76. The third-order valence-corrected chi connectivity index (χ3v) is 6.52. The Bertz CT molecular complexity index is 1220. The summed E-state index contributed by atoms with van der Waals surface area (Å²) in [6.45, 7) is 4.09. The first kappa shape index (κ1) is 22.8. The summed E-state index contributed by atoms with van der Waals surface area (Å²) in [5, 5.41) is 10.5. The maximum Gasteiger partial charge on any atom is 0.271 e. The van der Waals surface area contributed by atoms with Gasteiger partial charge in [0.15, 0.2) is 11.5 Å². The average Bonchev–Trinajstić information content (AvgIpc) is 3.63. The van der Waals surface area contributed by atoms with Crippen molar-refractivity contribution in [1.29, 1.82) is 0 Å². The smallest absolute Gasteiger partial charge is 0.271 e. The second kappa shape index (κ2) is 9.73. The van der Waals surface area contributed by atoms with E-state index in [0.717, 1.165) is 25.9 Å². The van der Waals surface area contributed by atoms with Gasteiger partial charge in [-0.25, -0.2) is 9.97 Å². The van der Waals surface area contributed by atoms with Crippen LogP contribution in [-0.4, -0.2) is 50.7 Å². The number of aromatic nitrogens is 4. The minimum atomic E-state index is -0.661. The van der Waals surface area contributed by atoms with Gasteiger partial charge in [0.1, 0.15) is 5.82 Å². The monoisotopic (exact) mass is 474 g/mol. The summed E-state index contributed by atoms with van der Waals surface area (Å²) in [5.74, 6) is 0.847. The molecule has 10 heteroatoms. The number of nitrogens with one attached hydrogen (secondary N) is 2. The van der Waals surface area contributed by atoms with E-state index < -0.39 is 5.91 Å². The summed E-state index contributed by atoms with van der Waals surface area (Å²) >= 11 is 0. The maximum absolute atomic E-state index is 12.8. The Morgan fingerprint density at radius 1 is 1.14 bits per heavy atom. The molecule has 1 saturated heterocycles. The Labute approximate surface area is 203 Å². The van der Waals surface area contributed by atoms with Crippen molar-refractivity contribution in [2.75, 3.05) is 23.3 Å². The zero-order valence-corrected chi connectivity index (χ0v) is 19.8. The molecule has 3 aromatic rings. The molecule has 2 amide bonds. The van der Waals surface area contributed by atoms with Crippen molar-refractivity contribution < 1.29 is 9.59 Å². The van der Waals surface area contributed by atoms with E-state index in [1.807, 2.05) is 25.3 Å². The number of rotatable bonds is 8. The van der Waals surface area contributed by atoms with E-state index in [2.05, 4.69) is 42.7 Å². The van der Waals surface area contributed by atoms with Crippen LogP contribution in [0.1, 0.15) is 64.9 Å².